The molecule has 0 saturated carbocycles. The molecule has 0 aliphatic carbocycles. The summed E-state index contributed by atoms with van der Waals surface area (Å²) in [6.45, 7) is 3.08. The molecule has 1 rings (SSSR count). The Hall–Kier alpha value is -1.08. The number of aryl methyl sites for hydroxylation is 1. The summed E-state index contributed by atoms with van der Waals surface area (Å²) in [7, 11) is 1.44. The van der Waals surface area contributed by atoms with Crippen LogP contribution in [0.3, 0.4) is 0 Å². The van der Waals surface area contributed by atoms with Gasteiger partial charge in [0.1, 0.15) is 11.4 Å². The minimum absolute atomic E-state index is 0.0505. The third-order valence-electron chi connectivity index (χ3n) is 2.28. The van der Waals surface area contributed by atoms with Crippen molar-refractivity contribution in [3.8, 4) is 0 Å². The molecule has 0 radical (unpaired) electrons. The third-order valence-corrected chi connectivity index (χ3v) is 3.70. The topological polar surface area (TPSA) is 89.3 Å². The molecular weight excluding hydrogens is 268 g/mol. The Kier molecular flexibility index (Phi) is 4.16. The van der Waals surface area contributed by atoms with E-state index in [1.54, 1.807) is 13.8 Å². The van der Waals surface area contributed by atoms with Crippen LogP contribution in [0.5, 0.6) is 0 Å². The second-order valence-corrected chi connectivity index (χ2v) is 5.92. The number of carboxylic acid groups (broad SMARTS) is 1. The maximum absolute atomic E-state index is 11.5. The largest absolute Gasteiger partial charge is 0.480 e. The molecule has 1 N–H and O–H groups in total. The maximum atomic E-state index is 11.5. The Morgan fingerprint density at radius 2 is 2.00 bits per heavy atom. The normalized spacial score (nSPS) is 11.7. The first-order valence-electron chi connectivity index (χ1n) is 5.06. The van der Waals surface area contributed by atoms with Gasteiger partial charge in [0.15, 0.2) is 0 Å². The van der Waals surface area contributed by atoms with E-state index in [4.69, 9.17) is 15.8 Å². The molecule has 1 aromatic heterocycles. The second kappa shape index (κ2) is 5.05. The van der Waals surface area contributed by atoms with Crippen LogP contribution in [0.4, 0.5) is 0 Å². The SMILES string of the molecule is CCc1nn(CC(=O)O)c(CC)c1S(=O)(=O)Cl. The predicted molar refractivity (Wildman–Crippen MR) is 61.7 cm³/mol. The van der Waals surface area contributed by atoms with Gasteiger partial charge in [0.25, 0.3) is 9.05 Å². The average Bonchev–Trinajstić information content (AvgIpc) is 2.54. The van der Waals surface area contributed by atoms with E-state index in [0.717, 1.165) is 0 Å². The summed E-state index contributed by atoms with van der Waals surface area (Å²) < 4.78 is 24.1. The molecule has 0 aliphatic rings. The van der Waals surface area contributed by atoms with Crippen LogP contribution in [0, 0.1) is 0 Å². The number of aromatic nitrogens is 2. The van der Waals surface area contributed by atoms with Crippen LogP contribution < -0.4 is 0 Å². The van der Waals surface area contributed by atoms with Crippen LogP contribution in [-0.2, 0) is 33.2 Å². The van der Waals surface area contributed by atoms with Crippen molar-refractivity contribution in [3.63, 3.8) is 0 Å². The molecule has 0 bridgehead atoms. The van der Waals surface area contributed by atoms with E-state index in [1.165, 1.54) is 4.68 Å². The van der Waals surface area contributed by atoms with Crippen LogP contribution in [-0.4, -0.2) is 29.3 Å². The number of rotatable bonds is 5. The van der Waals surface area contributed by atoms with E-state index in [-0.39, 0.29) is 11.4 Å². The summed E-state index contributed by atoms with van der Waals surface area (Å²) in [5, 5.41) is 12.7. The van der Waals surface area contributed by atoms with E-state index in [1.807, 2.05) is 0 Å². The second-order valence-electron chi connectivity index (χ2n) is 3.42. The predicted octanol–water partition coefficient (Wildman–Crippen LogP) is 1.02. The summed E-state index contributed by atoms with van der Waals surface area (Å²) in [5.41, 5.74) is 0.636. The minimum Gasteiger partial charge on any atom is -0.480 e. The highest BCUT2D eigenvalue weighted by molar-refractivity contribution is 8.13. The molecule has 0 spiro atoms. The summed E-state index contributed by atoms with van der Waals surface area (Å²) in [6, 6.07) is 0. The van der Waals surface area contributed by atoms with Gasteiger partial charge in [0, 0.05) is 10.7 Å². The molecule has 0 fully saturated rings. The highest BCUT2D eigenvalue weighted by atomic mass is 35.7. The Balaban J connectivity index is 3.46. The monoisotopic (exact) mass is 280 g/mol. The van der Waals surface area contributed by atoms with Crippen LogP contribution >= 0.6 is 10.7 Å². The first-order chi connectivity index (χ1) is 7.81. The minimum atomic E-state index is -3.91. The molecule has 8 heteroatoms. The highest BCUT2D eigenvalue weighted by Crippen LogP contribution is 2.25. The van der Waals surface area contributed by atoms with Crippen LogP contribution in [0.25, 0.3) is 0 Å². The molecule has 17 heavy (non-hydrogen) atoms. The maximum Gasteiger partial charge on any atom is 0.325 e. The fourth-order valence-corrected chi connectivity index (χ4v) is 3.18. The van der Waals surface area contributed by atoms with Gasteiger partial charge in [-0.3, -0.25) is 9.48 Å². The molecular formula is C9H13ClN2O4S. The Labute approximate surface area is 104 Å². The standard InChI is InChI=1S/C9H13ClN2O4S/c1-3-6-9(17(10,15)16)7(4-2)12(11-6)5-8(13)14/h3-5H2,1-2H3,(H,13,14). The van der Waals surface area contributed by atoms with Crippen LogP contribution in [0.15, 0.2) is 4.90 Å². The van der Waals surface area contributed by atoms with Crippen molar-refractivity contribution in [2.45, 2.75) is 38.1 Å². The van der Waals surface area contributed by atoms with Crippen molar-refractivity contribution < 1.29 is 18.3 Å². The lowest BCUT2D eigenvalue weighted by Gasteiger charge is -2.03. The molecule has 0 aliphatic heterocycles. The first kappa shape index (κ1) is 14.0. The highest BCUT2D eigenvalue weighted by Gasteiger charge is 2.25. The molecule has 1 heterocycles. The number of halogens is 1. The molecule has 96 valence electrons. The fraction of sp³-hybridized carbons (Fsp3) is 0.556. The van der Waals surface area contributed by atoms with Crippen LogP contribution in [0.2, 0.25) is 0 Å². The molecule has 6 nitrogen and oxygen atoms in total. The van der Waals surface area contributed by atoms with Gasteiger partial charge in [-0.05, 0) is 12.8 Å². The molecule has 0 saturated heterocycles. The lowest BCUT2D eigenvalue weighted by molar-refractivity contribution is -0.137. The average molecular weight is 281 g/mol. The third kappa shape index (κ3) is 2.98. The number of carbonyl (C=O) groups is 1. The van der Waals surface area contributed by atoms with Gasteiger partial charge < -0.3 is 5.11 Å². The summed E-state index contributed by atoms with van der Waals surface area (Å²) in [6.07, 6.45) is 0.725. The quantitative estimate of drug-likeness (QED) is 0.814. The van der Waals surface area contributed by atoms with Gasteiger partial charge in [-0.1, -0.05) is 13.8 Å². The lowest BCUT2D eigenvalue weighted by atomic mass is 10.2. The van der Waals surface area contributed by atoms with Crippen molar-refractivity contribution in [2.75, 3.05) is 0 Å². The van der Waals surface area contributed by atoms with Crippen molar-refractivity contribution in [3.05, 3.63) is 11.4 Å². The van der Waals surface area contributed by atoms with Gasteiger partial charge in [0.2, 0.25) is 0 Å². The van der Waals surface area contributed by atoms with E-state index >= 15 is 0 Å². The number of hydrogen-bond donors (Lipinski definition) is 1. The van der Waals surface area contributed by atoms with Crippen molar-refractivity contribution in [2.24, 2.45) is 0 Å². The van der Waals surface area contributed by atoms with Crippen LogP contribution in [0.1, 0.15) is 25.2 Å². The van der Waals surface area contributed by atoms with Gasteiger partial charge in [0.05, 0.1) is 11.4 Å². The summed E-state index contributed by atoms with van der Waals surface area (Å²) in [5.74, 6) is -1.08. The van der Waals surface area contributed by atoms with Gasteiger partial charge >= 0.3 is 5.97 Å². The first-order valence-corrected chi connectivity index (χ1v) is 7.37. The molecule has 0 atom stereocenters. The number of hydrogen-bond acceptors (Lipinski definition) is 4. The number of nitrogens with zero attached hydrogens (tertiary/aromatic N) is 2. The zero-order chi connectivity index (χ0) is 13.2. The lowest BCUT2D eigenvalue weighted by Crippen LogP contribution is -2.13. The summed E-state index contributed by atoms with van der Waals surface area (Å²) >= 11 is 0. The van der Waals surface area contributed by atoms with E-state index in [9.17, 15) is 13.2 Å². The zero-order valence-electron chi connectivity index (χ0n) is 9.47. The Bertz CT molecular complexity index is 535. The Morgan fingerprint density at radius 3 is 2.35 bits per heavy atom. The van der Waals surface area contributed by atoms with Crippen molar-refractivity contribution in [1.82, 2.24) is 9.78 Å². The van der Waals surface area contributed by atoms with E-state index in [2.05, 4.69) is 5.10 Å². The van der Waals surface area contributed by atoms with E-state index in [0.29, 0.717) is 24.2 Å². The summed E-state index contributed by atoms with van der Waals surface area (Å²) in [4.78, 5) is 10.6. The molecule has 0 amide bonds. The number of carboxylic acids is 1. The van der Waals surface area contributed by atoms with Gasteiger partial charge in [-0.25, -0.2) is 8.42 Å². The fourth-order valence-electron chi connectivity index (χ4n) is 1.65. The van der Waals surface area contributed by atoms with Crippen molar-refractivity contribution in [1.29, 1.82) is 0 Å². The Morgan fingerprint density at radius 1 is 1.41 bits per heavy atom. The molecule has 0 unspecified atom stereocenters. The van der Waals surface area contributed by atoms with E-state index < -0.39 is 15.0 Å². The molecule has 0 aromatic carbocycles. The zero-order valence-corrected chi connectivity index (χ0v) is 11.0. The van der Waals surface area contributed by atoms with Gasteiger partial charge in [-0.15, -0.1) is 0 Å². The number of aliphatic carboxylic acids is 1. The smallest absolute Gasteiger partial charge is 0.325 e. The van der Waals surface area contributed by atoms with Gasteiger partial charge in [-0.2, -0.15) is 5.10 Å². The molecule has 1 aromatic rings. The van der Waals surface area contributed by atoms with Crippen molar-refractivity contribution >= 4 is 25.7 Å².